The highest BCUT2D eigenvalue weighted by molar-refractivity contribution is 5.79. The van der Waals surface area contributed by atoms with Gasteiger partial charge in [0, 0.05) is 32.1 Å². The summed E-state index contributed by atoms with van der Waals surface area (Å²) in [5.41, 5.74) is 0. The quantitative estimate of drug-likeness (QED) is 0.0321. The summed E-state index contributed by atoms with van der Waals surface area (Å²) in [6, 6.07) is 0. The molecule has 13 heteroatoms. The Balaban J connectivity index is 0. The molecule has 0 aliphatic carbocycles. The summed E-state index contributed by atoms with van der Waals surface area (Å²) in [6.07, 6.45) is 57.1. The van der Waals surface area contributed by atoms with E-state index in [2.05, 4.69) is 27.7 Å². The van der Waals surface area contributed by atoms with Gasteiger partial charge in [0.2, 0.25) is 0 Å². The molecule has 0 rings (SSSR count). The summed E-state index contributed by atoms with van der Waals surface area (Å²) in [7, 11) is 0. The van der Waals surface area contributed by atoms with E-state index in [-0.39, 0.29) is 109 Å². The highest BCUT2D eigenvalue weighted by atomic mass is 16.6. The smallest absolute Gasteiger partial charge is 0.332 e. The summed E-state index contributed by atoms with van der Waals surface area (Å²) in [5.74, 6) is -2.32. The zero-order valence-corrected chi connectivity index (χ0v) is 56.6. The summed E-state index contributed by atoms with van der Waals surface area (Å²) in [6.45, 7) is 7.88. The van der Waals surface area contributed by atoms with Crippen molar-refractivity contribution in [2.24, 2.45) is 0 Å². The monoisotopic (exact) mass is 1240 g/mol. The first-order valence-electron chi connectivity index (χ1n) is 36.7. The molecular formula is C74H140O13. The van der Waals surface area contributed by atoms with Crippen LogP contribution in [-0.2, 0) is 61.9 Å². The fourth-order valence-electron chi connectivity index (χ4n) is 10.8. The van der Waals surface area contributed by atoms with Crippen molar-refractivity contribution in [1.82, 2.24) is 0 Å². The minimum atomic E-state index is -0.942. The maximum atomic E-state index is 13.0. The third-order valence-electron chi connectivity index (χ3n) is 16.4. The second-order valence-corrected chi connectivity index (χ2v) is 25.0. The molecule has 514 valence electrons. The highest BCUT2D eigenvalue weighted by Crippen LogP contribution is 2.18. The molecule has 0 spiro atoms. The number of carbonyl (C=O) groups is 6. The first-order chi connectivity index (χ1) is 42.1. The van der Waals surface area contributed by atoms with Gasteiger partial charge in [-0.3, -0.25) is 24.0 Å². The van der Waals surface area contributed by atoms with Crippen LogP contribution < -0.4 is 0 Å². The molecule has 0 amide bonds. The Hall–Kier alpha value is -3.06. The first-order valence-corrected chi connectivity index (χ1v) is 36.7. The molecule has 0 aromatic rings. The predicted molar refractivity (Wildman–Crippen MR) is 358 cm³/mol. The fraction of sp³-hybridized carbons (Fsp3) is 0.919. The van der Waals surface area contributed by atoms with Crippen molar-refractivity contribution in [1.29, 1.82) is 0 Å². The minimum absolute atomic E-state index is 0. The van der Waals surface area contributed by atoms with Crippen LogP contribution in [0.5, 0.6) is 0 Å². The SMILES string of the molecule is C.CCCCCCCCCCCCCCC(=O)OCC(CCC(=O)COCCOCC(=O)OCC(COC(=O)CCCCCCCCCCCCCC)OC(=O)CCCCCCCCCCCCCC)OC(=O)CCCCCCCCCCCCCC. The van der Waals surface area contributed by atoms with Gasteiger partial charge in [-0.1, -0.05) is 318 Å². The molecule has 0 aliphatic heterocycles. The number of esters is 5. The second-order valence-electron chi connectivity index (χ2n) is 25.0. The highest BCUT2D eigenvalue weighted by Gasteiger charge is 2.21. The van der Waals surface area contributed by atoms with Crippen molar-refractivity contribution < 1.29 is 61.9 Å². The Morgan fingerprint density at radius 1 is 0.253 bits per heavy atom. The van der Waals surface area contributed by atoms with E-state index in [1.165, 1.54) is 225 Å². The van der Waals surface area contributed by atoms with Gasteiger partial charge in [0.05, 0.1) is 13.2 Å². The lowest BCUT2D eigenvalue weighted by Crippen LogP contribution is -2.31. The maximum absolute atomic E-state index is 13.0. The third-order valence-corrected chi connectivity index (χ3v) is 16.4. The van der Waals surface area contributed by atoms with Crippen LogP contribution in [0.15, 0.2) is 0 Å². The van der Waals surface area contributed by atoms with Crippen molar-refractivity contribution in [3.63, 3.8) is 0 Å². The van der Waals surface area contributed by atoms with E-state index >= 15 is 0 Å². The van der Waals surface area contributed by atoms with Crippen molar-refractivity contribution in [2.45, 2.75) is 394 Å². The number of Topliss-reactive ketones (excluding diaryl/α,β-unsaturated/α-hetero) is 1. The average molecular weight is 1240 g/mol. The average Bonchev–Trinajstić information content (AvgIpc) is 3.52. The predicted octanol–water partition coefficient (Wildman–Crippen LogP) is 20.8. The van der Waals surface area contributed by atoms with Crippen LogP contribution in [-0.4, -0.2) is 94.1 Å². The van der Waals surface area contributed by atoms with E-state index in [9.17, 15) is 28.8 Å². The van der Waals surface area contributed by atoms with Crippen molar-refractivity contribution in [3.05, 3.63) is 0 Å². The first kappa shape index (κ1) is 86.0. The van der Waals surface area contributed by atoms with Gasteiger partial charge >= 0.3 is 29.8 Å². The van der Waals surface area contributed by atoms with Crippen molar-refractivity contribution in [3.8, 4) is 0 Å². The number of ketones is 1. The number of rotatable bonds is 70. The van der Waals surface area contributed by atoms with Gasteiger partial charge in [-0.15, -0.1) is 0 Å². The van der Waals surface area contributed by atoms with Gasteiger partial charge in [0.25, 0.3) is 0 Å². The number of hydrogen-bond acceptors (Lipinski definition) is 13. The molecule has 0 bridgehead atoms. The lowest BCUT2D eigenvalue weighted by molar-refractivity contribution is -0.168. The van der Waals surface area contributed by atoms with Crippen molar-refractivity contribution >= 4 is 35.6 Å². The van der Waals surface area contributed by atoms with Crippen LogP contribution in [0.4, 0.5) is 0 Å². The summed E-state index contributed by atoms with van der Waals surface area (Å²) >= 11 is 0. The van der Waals surface area contributed by atoms with Gasteiger partial charge < -0.3 is 33.2 Å². The Bertz CT molecular complexity index is 1410. The molecule has 13 nitrogen and oxygen atoms in total. The molecule has 0 heterocycles. The van der Waals surface area contributed by atoms with Crippen molar-refractivity contribution in [2.75, 3.05) is 46.2 Å². The van der Waals surface area contributed by atoms with E-state index in [4.69, 9.17) is 33.2 Å². The number of carbonyl (C=O) groups excluding carboxylic acids is 6. The Morgan fingerprint density at radius 2 is 0.483 bits per heavy atom. The molecule has 2 atom stereocenters. The summed E-state index contributed by atoms with van der Waals surface area (Å²) < 4.78 is 39.0. The zero-order valence-electron chi connectivity index (χ0n) is 56.6. The molecule has 0 N–H and O–H groups in total. The molecule has 2 unspecified atom stereocenters. The largest absolute Gasteiger partial charge is 0.462 e. The van der Waals surface area contributed by atoms with Crippen LogP contribution in [0.3, 0.4) is 0 Å². The van der Waals surface area contributed by atoms with Gasteiger partial charge in [-0.05, 0) is 32.1 Å². The van der Waals surface area contributed by atoms with Crippen LogP contribution >= 0.6 is 0 Å². The molecule has 0 saturated carbocycles. The Labute approximate surface area is 535 Å². The van der Waals surface area contributed by atoms with Crippen LogP contribution in [0.25, 0.3) is 0 Å². The van der Waals surface area contributed by atoms with Crippen LogP contribution in [0.1, 0.15) is 382 Å². The van der Waals surface area contributed by atoms with E-state index in [1.54, 1.807) is 0 Å². The number of unbranched alkanes of at least 4 members (excludes halogenated alkanes) is 44. The lowest BCUT2D eigenvalue weighted by atomic mass is 10.0. The molecule has 0 saturated heterocycles. The molecule has 0 radical (unpaired) electrons. The molecule has 0 aromatic carbocycles. The van der Waals surface area contributed by atoms with Crippen LogP contribution in [0.2, 0.25) is 0 Å². The number of hydrogen-bond donors (Lipinski definition) is 0. The Kier molecular flexibility index (Phi) is 69.6. The van der Waals surface area contributed by atoms with E-state index in [0.29, 0.717) is 12.8 Å². The summed E-state index contributed by atoms with van der Waals surface area (Å²) in [5, 5.41) is 0. The lowest BCUT2D eigenvalue weighted by Gasteiger charge is -2.18. The van der Waals surface area contributed by atoms with E-state index < -0.39 is 24.1 Å². The molecular weight excluding hydrogens is 1100 g/mol. The second kappa shape index (κ2) is 70.4. The molecule has 0 aliphatic rings. The normalized spacial score (nSPS) is 11.9. The molecule has 0 aromatic heterocycles. The fourth-order valence-corrected chi connectivity index (χ4v) is 10.8. The van der Waals surface area contributed by atoms with Gasteiger partial charge in [-0.2, -0.15) is 0 Å². The topological polar surface area (TPSA) is 167 Å². The molecule has 0 fully saturated rings. The van der Waals surface area contributed by atoms with E-state index in [0.717, 1.165) is 77.0 Å². The van der Waals surface area contributed by atoms with Gasteiger partial charge in [0.1, 0.15) is 39.1 Å². The van der Waals surface area contributed by atoms with E-state index in [1.807, 2.05) is 0 Å². The molecule has 87 heavy (non-hydrogen) atoms. The number of ether oxygens (including phenoxy) is 7. The minimum Gasteiger partial charge on any atom is -0.462 e. The Morgan fingerprint density at radius 3 is 0.782 bits per heavy atom. The van der Waals surface area contributed by atoms with Gasteiger partial charge in [-0.25, -0.2) is 4.79 Å². The van der Waals surface area contributed by atoms with Gasteiger partial charge in [0.15, 0.2) is 11.9 Å². The van der Waals surface area contributed by atoms with Crippen LogP contribution in [0, 0.1) is 0 Å². The zero-order chi connectivity index (χ0) is 62.7. The summed E-state index contributed by atoms with van der Waals surface area (Å²) in [4.78, 5) is 77.0. The standard InChI is InChI=1S/C73H136O13.CH4/c1-5-9-13-17-21-25-29-33-37-41-45-49-53-69(75)82-62-67(85-71(77)55-51-47-43-39-35-31-27-23-19-15-11-7-3)58-57-66(74)61-80-59-60-81-65-73(79)84-64-68(86-72(78)56-52-48-44-40-36-32-28-24-20-16-12-8-4)63-83-70(76)54-50-46-42-38-34-30-26-22-18-14-10-6-2;/h67-68H,5-65H2,1-4H3;1H4. The third kappa shape index (κ3) is 67.2. The maximum Gasteiger partial charge on any atom is 0.332 e.